The minimum Gasteiger partial charge on any atom is -0.496 e. The number of halogens is 1. The number of ether oxygens (including phenoxy) is 1. The second kappa shape index (κ2) is 6.91. The molecule has 2 aromatic rings. The van der Waals surface area contributed by atoms with Crippen LogP contribution in [0.2, 0.25) is 0 Å². The lowest BCUT2D eigenvalue weighted by molar-refractivity contribution is 0.407. The van der Waals surface area contributed by atoms with E-state index in [-0.39, 0.29) is 6.04 Å². The Hall–Kier alpha value is -1.32. The molecule has 3 heteroatoms. The predicted octanol–water partition coefficient (Wildman–Crippen LogP) is 3.88. The molecule has 0 aliphatic rings. The first-order valence-corrected chi connectivity index (χ1v) is 7.51. The largest absolute Gasteiger partial charge is 0.496 e. The first kappa shape index (κ1) is 15.1. The molecule has 1 atom stereocenters. The van der Waals surface area contributed by atoms with E-state index in [0.29, 0.717) is 0 Å². The average Bonchev–Trinajstić information content (AvgIpc) is 2.41. The first-order valence-electron chi connectivity index (χ1n) is 6.72. The fourth-order valence-corrected chi connectivity index (χ4v) is 2.70. The summed E-state index contributed by atoms with van der Waals surface area (Å²) in [4.78, 5) is 0. The molecule has 106 valence electrons. The van der Waals surface area contributed by atoms with Crippen LogP contribution in [0.3, 0.4) is 0 Å². The van der Waals surface area contributed by atoms with Gasteiger partial charge in [-0.2, -0.15) is 0 Å². The van der Waals surface area contributed by atoms with Crippen LogP contribution in [0.25, 0.3) is 0 Å². The Balaban J connectivity index is 2.05. The van der Waals surface area contributed by atoms with Crippen molar-refractivity contribution in [2.24, 2.45) is 5.73 Å². The van der Waals surface area contributed by atoms with Crippen molar-refractivity contribution in [1.29, 1.82) is 0 Å². The van der Waals surface area contributed by atoms with E-state index in [4.69, 9.17) is 10.5 Å². The van der Waals surface area contributed by atoms with Crippen molar-refractivity contribution >= 4 is 15.9 Å². The molecule has 0 heterocycles. The van der Waals surface area contributed by atoms with Gasteiger partial charge in [0.05, 0.1) is 7.11 Å². The van der Waals surface area contributed by atoms with Crippen molar-refractivity contribution in [2.75, 3.05) is 7.11 Å². The predicted molar refractivity (Wildman–Crippen MR) is 87.3 cm³/mol. The van der Waals surface area contributed by atoms with Gasteiger partial charge in [-0.25, -0.2) is 0 Å². The average molecular weight is 334 g/mol. The highest BCUT2D eigenvalue weighted by Crippen LogP contribution is 2.24. The molecule has 0 spiro atoms. The summed E-state index contributed by atoms with van der Waals surface area (Å²) in [7, 11) is 1.69. The quantitative estimate of drug-likeness (QED) is 0.901. The molecule has 2 nitrogen and oxygen atoms in total. The Morgan fingerprint density at radius 1 is 1.10 bits per heavy atom. The lowest BCUT2D eigenvalue weighted by Crippen LogP contribution is -2.25. The number of rotatable bonds is 5. The van der Waals surface area contributed by atoms with Gasteiger partial charge in [-0.05, 0) is 49.1 Å². The molecular weight excluding hydrogens is 314 g/mol. The third-order valence-electron chi connectivity index (χ3n) is 3.34. The van der Waals surface area contributed by atoms with E-state index in [9.17, 15) is 0 Å². The maximum Gasteiger partial charge on any atom is 0.122 e. The minimum atomic E-state index is 0.0842. The van der Waals surface area contributed by atoms with Crippen LogP contribution in [-0.2, 0) is 12.8 Å². The molecular formula is C17H20BrNO. The highest BCUT2D eigenvalue weighted by Gasteiger charge is 2.10. The number of aryl methyl sites for hydroxylation is 1. The molecule has 0 radical (unpaired) electrons. The van der Waals surface area contributed by atoms with Crippen LogP contribution in [0.15, 0.2) is 46.9 Å². The van der Waals surface area contributed by atoms with Crippen LogP contribution in [0, 0.1) is 6.92 Å². The summed E-state index contributed by atoms with van der Waals surface area (Å²) in [5.74, 6) is 0.896. The van der Waals surface area contributed by atoms with Gasteiger partial charge in [-0.15, -0.1) is 0 Å². The summed E-state index contributed by atoms with van der Waals surface area (Å²) in [6.07, 6.45) is 1.67. The first-order chi connectivity index (χ1) is 9.58. The molecule has 1 unspecified atom stereocenters. The molecule has 0 aliphatic carbocycles. The van der Waals surface area contributed by atoms with Crippen LogP contribution < -0.4 is 10.5 Å². The maximum absolute atomic E-state index is 6.28. The lowest BCUT2D eigenvalue weighted by Gasteiger charge is -2.15. The Labute approximate surface area is 129 Å². The Bertz CT molecular complexity index is 566. The maximum atomic E-state index is 6.28. The molecule has 20 heavy (non-hydrogen) atoms. The summed E-state index contributed by atoms with van der Waals surface area (Å²) in [6.45, 7) is 2.09. The number of nitrogens with two attached hydrogens (primary N) is 1. The zero-order chi connectivity index (χ0) is 14.5. The van der Waals surface area contributed by atoms with Gasteiger partial charge < -0.3 is 10.5 Å². The minimum absolute atomic E-state index is 0.0842. The van der Waals surface area contributed by atoms with Gasteiger partial charge in [-0.1, -0.05) is 45.8 Å². The molecule has 0 bridgehead atoms. The smallest absolute Gasteiger partial charge is 0.122 e. The molecule has 0 aromatic heterocycles. The van der Waals surface area contributed by atoms with Gasteiger partial charge in [0.2, 0.25) is 0 Å². The standard InChI is InChI=1S/C17H20BrNO/c1-12-3-5-13(6-4-12)9-16(19)11-14-10-15(18)7-8-17(14)20-2/h3-8,10,16H,9,11,19H2,1-2H3. The van der Waals surface area contributed by atoms with Crippen LogP contribution in [-0.4, -0.2) is 13.2 Å². The van der Waals surface area contributed by atoms with Gasteiger partial charge in [-0.3, -0.25) is 0 Å². The van der Waals surface area contributed by atoms with Gasteiger partial charge in [0.1, 0.15) is 5.75 Å². The van der Waals surface area contributed by atoms with Gasteiger partial charge in [0.15, 0.2) is 0 Å². The molecule has 0 fully saturated rings. The zero-order valence-electron chi connectivity index (χ0n) is 11.9. The van der Waals surface area contributed by atoms with E-state index in [0.717, 1.165) is 28.6 Å². The fraction of sp³-hybridized carbons (Fsp3) is 0.294. The van der Waals surface area contributed by atoms with Crippen LogP contribution in [0.1, 0.15) is 16.7 Å². The summed E-state index contributed by atoms with van der Waals surface area (Å²) < 4.78 is 6.44. The Morgan fingerprint density at radius 3 is 2.45 bits per heavy atom. The second-order valence-electron chi connectivity index (χ2n) is 5.11. The molecule has 0 amide bonds. The van der Waals surface area contributed by atoms with E-state index >= 15 is 0 Å². The molecule has 2 N–H and O–H groups in total. The Morgan fingerprint density at radius 2 is 1.80 bits per heavy atom. The van der Waals surface area contributed by atoms with Crippen LogP contribution >= 0.6 is 15.9 Å². The summed E-state index contributed by atoms with van der Waals surface area (Å²) in [5, 5.41) is 0. The molecule has 0 saturated carbocycles. The third-order valence-corrected chi connectivity index (χ3v) is 3.84. The van der Waals surface area contributed by atoms with Crippen molar-refractivity contribution in [1.82, 2.24) is 0 Å². The van der Waals surface area contributed by atoms with E-state index in [1.165, 1.54) is 11.1 Å². The van der Waals surface area contributed by atoms with Gasteiger partial charge in [0, 0.05) is 10.5 Å². The number of hydrogen-bond acceptors (Lipinski definition) is 2. The highest BCUT2D eigenvalue weighted by atomic mass is 79.9. The van der Waals surface area contributed by atoms with E-state index in [2.05, 4.69) is 53.2 Å². The fourth-order valence-electron chi connectivity index (χ4n) is 2.29. The second-order valence-corrected chi connectivity index (χ2v) is 6.03. The number of hydrogen-bond donors (Lipinski definition) is 1. The summed E-state index contributed by atoms with van der Waals surface area (Å²) in [5.41, 5.74) is 9.97. The third kappa shape index (κ3) is 4.09. The van der Waals surface area contributed by atoms with E-state index in [1.54, 1.807) is 7.11 Å². The summed E-state index contributed by atoms with van der Waals surface area (Å²) >= 11 is 3.49. The van der Waals surface area contributed by atoms with Gasteiger partial charge in [0.25, 0.3) is 0 Å². The lowest BCUT2D eigenvalue weighted by atomic mass is 9.98. The number of methoxy groups -OCH3 is 1. The molecule has 0 saturated heterocycles. The van der Waals surface area contributed by atoms with Crippen LogP contribution in [0.5, 0.6) is 5.75 Å². The molecule has 2 aromatic carbocycles. The molecule has 0 aliphatic heterocycles. The number of benzene rings is 2. The molecule has 2 rings (SSSR count). The van der Waals surface area contributed by atoms with Crippen molar-refractivity contribution in [3.05, 3.63) is 63.6 Å². The van der Waals surface area contributed by atoms with Crippen molar-refractivity contribution in [2.45, 2.75) is 25.8 Å². The van der Waals surface area contributed by atoms with Gasteiger partial charge >= 0.3 is 0 Å². The normalized spacial score (nSPS) is 12.2. The monoisotopic (exact) mass is 333 g/mol. The van der Waals surface area contributed by atoms with E-state index in [1.807, 2.05) is 12.1 Å². The van der Waals surface area contributed by atoms with Crippen molar-refractivity contribution in [3.63, 3.8) is 0 Å². The zero-order valence-corrected chi connectivity index (χ0v) is 13.5. The summed E-state index contributed by atoms with van der Waals surface area (Å²) in [6, 6.07) is 14.7. The van der Waals surface area contributed by atoms with Crippen molar-refractivity contribution < 1.29 is 4.74 Å². The highest BCUT2D eigenvalue weighted by molar-refractivity contribution is 9.10. The van der Waals surface area contributed by atoms with Crippen LogP contribution in [0.4, 0.5) is 0 Å². The van der Waals surface area contributed by atoms with E-state index < -0.39 is 0 Å². The Kier molecular flexibility index (Phi) is 5.21. The SMILES string of the molecule is COc1ccc(Br)cc1CC(N)Cc1ccc(C)cc1. The van der Waals surface area contributed by atoms with Crippen molar-refractivity contribution in [3.8, 4) is 5.75 Å². The topological polar surface area (TPSA) is 35.2 Å².